The molecule has 0 saturated carbocycles. The summed E-state index contributed by atoms with van der Waals surface area (Å²) in [5.41, 5.74) is 1.16. The molecule has 1 rings (SSSR count). The number of hydrogen-bond donors (Lipinski definition) is 1. The van der Waals surface area contributed by atoms with Gasteiger partial charge in [0.05, 0.1) is 22.7 Å². The zero-order valence-electron chi connectivity index (χ0n) is 11.0. The van der Waals surface area contributed by atoms with Gasteiger partial charge in [0.2, 0.25) is 0 Å². The Hall–Kier alpha value is -0.590. The number of rotatable bonds is 7. The van der Waals surface area contributed by atoms with Gasteiger partial charge in [0.1, 0.15) is 5.75 Å². The van der Waals surface area contributed by atoms with Gasteiger partial charge in [-0.15, -0.1) is 0 Å². The maximum atomic E-state index is 11.0. The van der Waals surface area contributed by atoms with E-state index in [4.69, 9.17) is 4.74 Å². The van der Waals surface area contributed by atoms with Crippen molar-refractivity contribution in [3.63, 3.8) is 0 Å². The zero-order valence-corrected chi connectivity index (χ0v) is 14.1. The Morgan fingerprint density at radius 2 is 1.95 bits per heavy atom. The minimum Gasteiger partial charge on any atom is -0.491 e. The second-order valence-corrected chi connectivity index (χ2v) is 5.66. The summed E-state index contributed by atoms with van der Waals surface area (Å²) in [7, 11) is 3.29. The predicted molar refractivity (Wildman–Crippen MR) is 81.4 cm³/mol. The van der Waals surface area contributed by atoms with Crippen molar-refractivity contribution in [2.45, 2.75) is 19.4 Å². The SMILES string of the molecule is CNCc1cc(Br)c(OCCCC(=O)OC)c(Br)c1. The zero-order chi connectivity index (χ0) is 14.3. The maximum absolute atomic E-state index is 11.0. The summed E-state index contributed by atoms with van der Waals surface area (Å²) in [5, 5.41) is 3.10. The second kappa shape index (κ2) is 8.55. The molecule has 0 aliphatic carbocycles. The van der Waals surface area contributed by atoms with E-state index in [1.807, 2.05) is 19.2 Å². The molecule has 1 N–H and O–H groups in total. The third kappa shape index (κ3) is 5.50. The molecule has 0 aromatic heterocycles. The van der Waals surface area contributed by atoms with Crippen molar-refractivity contribution in [3.8, 4) is 5.75 Å². The Morgan fingerprint density at radius 3 is 2.47 bits per heavy atom. The predicted octanol–water partition coefficient (Wildman–Crippen LogP) is 3.26. The summed E-state index contributed by atoms with van der Waals surface area (Å²) in [6.45, 7) is 1.26. The number of carbonyl (C=O) groups is 1. The van der Waals surface area contributed by atoms with Crippen LogP contribution in [0.4, 0.5) is 0 Å². The largest absolute Gasteiger partial charge is 0.491 e. The third-order valence-corrected chi connectivity index (χ3v) is 3.62. The summed E-state index contributed by atoms with van der Waals surface area (Å²) >= 11 is 6.98. The standard InChI is InChI=1S/C13H17Br2NO3/c1-16-8-9-6-10(14)13(11(15)7-9)19-5-3-4-12(17)18-2/h6-7,16H,3-5,8H2,1-2H3. The van der Waals surface area contributed by atoms with Crippen molar-refractivity contribution in [3.05, 3.63) is 26.6 Å². The minimum absolute atomic E-state index is 0.217. The number of benzene rings is 1. The van der Waals surface area contributed by atoms with Crippen molar-refractivity contribution >= 4 is 37.8 Å². The van der Waals surface area contributed by atoms with Gasteiger partial charge in [0.25, 0.3) is 0 Å². The highest BCUT2D eigenvalue weighted by Gasteiger charge is 2.09. The van der Waals surface area contributed by atoms with E-state index in [0.717, 1.165) is 26.8 Å². The Bertz CT molecular complexity index is 415. The third-order valence-electron chi connectivity index (χ3n) is 2.44. The molecule has 1 aromatic rings. The van der Waals surface area contributed by atoms with E-state index in [9.17, 15) is 4.79 Å². The van der Waals surface area contributed by atoms with E-state index >= 15 is 0 Å². The van der Waals surface area contributed by atoms with E-state index in [2.05, 4.69) is 41.9 Å². The van der Waals surface area contributed by atoms with Gasteiger partial charge >= 0.3 is 5.97 Å². The highest BCUT2D eigenvalue weighted by Crippen LogP contribution is 2.34. The second-order valence-electron chi connectivity index (χ2n) is 3.95. The highest BCUT2D eigenvalue weighted by atomic mass is 79.9. The molecule has 0 saturated heterocycles. The van der Waals surface area contributed by atoms with Gasteiger partial charge in [-0.05, 0) is 63.0 Å². The first kappa shape index (κ1) is 16.5. The van der Waals surface area contributed by atoms with Gasteiger partial charge < -0.3 is 14.8 Å². The molecular weight excluding hydrogens is 378 g/mol. The highest BCUT2D eigenvalue weighted by molar-refractivity contribution is 9.11. The van der Waals surface area contributed by atoms with Crippen LogP contribution in [0.1, 0.15) is 18.4 Å². The number of methoxy groups -OCH3 is 1. The van der Waals surface area contributed by atoms with E-state index in [0.29, 0.717) is 19.4 Å². The average molecular weight is 395 g/mol. The Morgan fingerprint density at radius 1 is 1.32 bits per heavy atom. The van der Waals surface area contributed by atoms with Gasteiger partial charge in [-0.25, -0.2) is 0 Å². The average Bonchev–Trinajstić information content (AvgIpc) is 2.37. The molecule has 0 radical (unpaired) electrons. The lowest BCUT2D eigenvalue weighted by Gasteiger charge is -2.12. The Balaban J connectivity index is 2.56. The van der Waals surface area contributed by atoms with Crippen molar-refractivity contribution < 1.29 is 14.3 Å². The van der Waals surface area contributed by atoms with Crippen LogP contribution in [0.15, 0.2) is 21.1 Å². The van der Waals surface area contributed by atoms with E-state index in [-0.39, 0.29) is 5.97 Å². The molecule has 0 fully saturated rings. The van der Waals surface area contributed by atoms with Gasteiger partial charge in [-0.2, -0.15) is 0 Å². The number of halogens is 2. The van der Waals surface area contributed by atoms with Crippen molar-refractivity contribution in [2.75, 3.05) is 20.8 Å². The molecule has 19 heavy (non-hydrogen) atoms. The van der Waals surface area contributed by atoms with Crippen LogP contribution in [0.5, 0.6) is 5.75 Å². The fourth-order valence-electron chi connectivity index (χ4n) is 1.55. The number of carbonyl (C=O) groups excluding carboxylic acids is 1. The lowest BCUT2D eigenvalue weighted by atomic mass is 10.2. The van der Waals surface area contributed by atoms with Gasteiger partial charge in [-0.1, -0.05) is 0 Å². The van der Waals surface area contributed by atoms with E-state index in [1.54, 1.807) is 0 Å². The summed E-state index contributed by atoms with van der Waals surface area (Å²) in [6, 6.07) is 4.02. The first-order chi connectivity index (χ1) is 9.08. The van der Waals surface area contributed by atoms with Crippen LogP contribution >= 0.6 is 31.9 Å². The van der Waals surface area contributed by atoms with Gasteiger partial charge in [0, 0.05) is 13.0 Å². The van der Waals surface area contributed by atoms with Crippen molar-refractivity contribution in [2.24, 2.45) is 0 Å². The minimum atomic E-state index is -0.217. The molecule has 0 amide bonds. The summed E-state index contributed by atoms with van der Waals surface area (Å²) in [6.07, 6.45) is 0.993. The molecular formula is C13H17Br2NO3. The lowest BCUT2D eigenvalue weighted by molar-refractivity contribution is -0.140. The molecule has 0 bridgehead atoms. The van der Waals surface area contributed by atoms with Crippen LogP contribution in [0, 0.1) is 0 Å². The maximum Gasteiger partial charge on any atom is 0.305 e. The summed E-state index contributed by atoms with van der Waals surface area (Å²) in [4.78, 5) is 11.0. The van der Waals surface area contributed by atoms with Crippen molar-refractivity contribution in [1.29, 1.82) is 0 Å². The van der Waals surface area contributed by atoms with Crippen LogP contribution in [-0.4, -0.2) is 26.7 Å². The van der Waals surface area contributed by atoms with Crippen LogP contribution in [0.3, 0.4) is 0 Å². The topological polar surface area (TPSA) is 47.6 Å². The molecule has 0 aliphatic rings. The van der Waals surface area contributed by atoms with Gasteiger partial charge in [0.15, 0.2) is 0 Å². The molecule has 0 unspecified atom stereocenters. The summed E-state index contributed by atoms with van der Waals surface area (Å²) < 4.78 is 12.0. The molecule has 106 valence electrons. The first-order valence-electron chi connectivity index (χ1n) is 5.90. The number of nitrogens with one attached hydrogen (secondary N) is 1. The van der Waals surface area contributed by atoms with E-state index in [1.165, 1.54) is 7.11 Å². The molecule has 0 aliphatic heterocycles. The molecule has 0 heterocycles. The number of hydrogen-bond acceptors (Lipinski definition) is 4. The molecule has 0 spiro atoms. The summed E-state index contributed by atoms with van der Waals surface area (Å²) in [5.74, 6) is 0.538. The van der Waals surface area contributed by atoms with Crippen molar-refractivity contribution in [1.82, 2.24) is 5.32 Å². The van der Waals surface area contributed by atoms with Crippen LogP contribution in [0.2, 0.25) is 0 Å². The normalized spacial score (nSPS) is 10.3. The van der Waals surface area contributed by atoms with Crippen LogP contribution < -0.4 is 10.1 Å². The Kier molecular flexibility index (Phi) is 7.41. The Labute approximate surface area is 130 Å². The van der Waals surface area contributed by atoms with Gasteiger partial charge in [-0.3, -0.25) is 4.79 Å². The fraction of sp³-hybridized carbons (Fsp3) is 0.462. The monoisotopic (exact) mass is 393 g/mol. The molecule has 6 heteroatoms. The van der Waals surface area contributed by atoms with Crippen LogP contribution in [0.25, 0.3) is 0 Å². The molecule has 1 aromatic carbocycles. The van der Waals surface area contributed by atoms with Crippen LogP contribution in [-0.2, 0) is 16.1 Å². The number of esters is 1. The molecule has 4 nitrogen and oxygen atoms in total. The smallest absolute Gasteiger partial charge is 0.305 e. The fourth-order valence-corrected chi connectivity index (χ4v) is 3.06. The van der Waals surface area contributed by atoms with E-state index < -0.39 is 0 Å². The molecule has 0 atom stereocenters. The quantitative estimate of drug-likeness (QED) is 0.569. The first-order valence-corrected chi connectivity index (χ1v) is 7.49. The number of ether oxygens (including phenoxy) is 2. The lowest BCUT2D eigenvalue weighted by Crippen LogP contribution is -2.07.